The number of nitro groups is 1. The monoisotopic (exact) mass is 471 g/mol. The van der Waals surface area contributed by atoms with E-state index < -0.39 is 10.7 Å². The highest BCUT2D eigenvalue weighted by molar-refractivity contribution is 6.31. The largest absolute Gasteiger partial charge is 0.340 e. The number of nitro benzene ring substituents is 1. The number of hydrogen-bond acceptors (Lipinski definition) is 6. The van der Waals surface area contributed by atoms with E-state index in [0.717, 1.165) is 0 Å². The molecule has 166 valence electrons. The minimum atomic E-state index is -0.533. The summed E-state index contributed by atoms with van der Waals surface area (Å²) in [5, 5.41) is 15.3. The molecule has 5 rings (SSSR count). The van der Waals surface area contributed by atoms with Crippen molar-refractivity contribution in [3.05, 3.63) is 106 Å². The van der Waals surface area contributed by atoms with E-state index in [1.165, 1.54) is 18.2 Å². The van der Waals surface area contributed by atoms with Gasteiger partial charge in [0.2, 0.25) is 0 Å². The lowest BCUT2D eigenvalue weighted by molar-refractivity contribution is -0.384. The lowest BCUT2D eigenvalue weighted by Gasteiger charge is -2.13. The summed E-state index contributed by atoms with van der Waals surface area (Å²) in [5.41, 5.74) is 2.97. The van der Waals surface area contributed by atoms with Gasteiger partial charge in [-0.2, -0.15) is 0 Å². The van der Waals surface area contributed by atoms with Gasteiger partial charge in [0.15, 0.2) is 5.82 Å². The van der Waals surface area contributed by atoms with Crippen LogP contribution in [0.3, 0.4) is 0 Å². The van der Waals surface area contributed by atoms with E-state index in [4.69, 9.17) is 11.6 Å². The van der Waals surface area contributed by atoms with Gasteiger partial charge in [0.25, 0.3) is 5.69 Å². The minimum Gasteiger partial charge on any atom is -0.340 e. The smallest absolute Gasteiger partial charge is 0.277 e. The zero-order chi connectivity index (χ0) is 23.7. The molecule has 0 fully saturated rings. The van der Waals surface area contributed by atoms with Crippen LogP contribution in [0.4, 0.5) is 21.6 Å². The summed E-state index contributed by atoms with van der Waals surface area (Å²) in [5.74, 6) is 0.344. The lowest BCUT2D eigenvalue weighted by atomic mass is 10.0. The van der Waals surface area contributed by atoms with Crippen LogP contribution in [0.25, 0.3) is 33.4 Å². The van der Waals surface area contributed by atoms with Gasteiger partial charge in [0, 0.05) is 35.1 Å². The number of nitrogens with zero attached hydrogens (tertiary/aromatic N) is 4. The van der Waals surface area contributed by atoms with Gasteiger partial charge in [-0.1, -0.05) is 29.8 Å². The summed E-state index contributed by atoms with van der Waals surface area (Å²) in [6, 6.07) is 19.8. The fourth-order valence-corrected chi connectivity index (χ4v) is 3.78. The fourth-order valence-electron chi connectivity index (χ4n) is 3.60. The topological polar surface area (TPSA) is 93.8 Å². The molecule has 7 nitrogen and oxygen atoms in total. The van der Waals surface area contributed by atoms with Gasteiger partial charge in [0.1, 0.15) is 11.6 Å². The molecule has 0 radical (unpaired) electrons. The molecule has 34 heavy (non-hydrogen) atoms. The lowest BCUT2D eigenvalue weighted by Crippen LogP contribution is -2.00. The second-order valence-corrected chi connectivity index (χ2v) is 7.80. The predicted octanol–water partition coefficient (Wildman–Crippen LogP) is 6.80. The first-order valence-corrected chi connectivity index (χ1v) is 10.6. The Morgan fingerprint density at radius 2 is 1.79 bits per heavy atom. The summed E-state index contributed by atoms with van der Waals surface area (Å²) >= 11 is 5.96. The van der Waals surface area contributed by atoms with Gasteiger partial charge >= 0.3 is 0 Å². The summed E-state index contributed by atoms with van der Waals surface area (Å²) < 4.78 is 13.7. The first-order chi connectivity index (χ1) is 16.5. The van der Waals surface area contributed by atoms with Crippen molar-refractivity contribution in [2.24, 2.45) is 0 Å². The Balaban J connectivity index is 1.70. The molecule has 0 saturated carbocycles. The molecule has 0 amide bonds. The first-order valence-electron chi connectivity index (χ1n) is 10.2. The Hall–Kier alpha value is -4.43. The second kappa shape index (κ2) is 8.84. The molecule has 1 N–H and O–H groups in total. The molecule has 0 aliphatic rings. The van der Waals surface area contributed by atoms with E-state index in [9.17, 15) is 14.5 Å². The Labute approximate surface area is 198 Å². The summed E-state index contributed by atoms with van der Waals surface area (Å²) in [7, 11) is 0. The van der Waals surface area contributed by atoms with E-state index in [0.29, 0.717) is 44.9 Å². The SMILES string of the molecule is O=[N+]([O-])c1ccccc1-c1ccc2nc(-c3cccnc3)nc(Nc3ccc(F)c(Cl)c3)c2c1. The van der Waals surface area contributed by atoms with Crippen LogP contribution in [-0.4, -0.2) is 19.9 Å². The van der Waals surface area contributed by atoms with E-state index in [1.807, 2.05) is 6.07 Å². The van der Waals surface area contributed by atoms with Crippen molar-refractivity contribution in [2.45, 2.75) is 0 Å². The van der Waals surface area contributed by atoms with E-state index >= 15 is 0 Å². The second-order valence-electron chi connectivity index (χ2n) is 7.40. The number of rotatable bonds is 5. The van der Waals surface area contributed by atoms with Crippen LogP contribution in [-0.2, 0) is 0 Å². The highest BCUT2D eigenvalue weighted by Crippen LogP contribution is 2.35. The van der Waals surface area contributed by atoms with Gasteiger partial charge in [0.05, 0.1) is 21.0 Å². The molecule has 0 bridgehead atoms. The third kappa shape index (κ3) is 4.14. The minimum absolute atomic E-state index is 0.00502. The van der Waals surface area contributed by atoms with Crippen LogP contribution in [0, 0.1) is 15.9 Å². The molecule has 5 aromatic rings. The molecule has 0 unspecified atom stereocenters. The van der Waals surface area contributed by atoms with Crippen molar-refractivity contribution in [3.8, 4) is 22.5 Å². The van der Waals surface area contributed by atoms with E-state index in [1.54, 1.807) is 60.9 Å². The first kappa shape index (κ1) is 21.4. The number of nitrogens with one attached hydrogen (secondary N) is 1. The maximum absolute atomic E-state index is 13.7. The molecule has 0 aliphatic carbocycles. The highest BCUT2D eigenvalue weighted by Gasteiger charge is 2.17. The number of para-hydroxylation sites is 1. The number of benzene rings is 3. The number of aromatic nitrogens is 3. The predicted molar refractivity (Wildman–Crippen MR) is 130 cm³/mol. The molecule has 2 heterocycles. The quantitative estimate of drug-likeness (QED) is 0.224. The molecule has 2 aromatic heterocycles. The van der Waals surface area contributed by atoms with Gasteiger partial charge < -0.3 is 5.32 Å². The van der Waals surface area contributed by atoms with Crippen molar-refractivity contribution in [2.75, 3.05) is 5.32 Å². The molecule has 0 aliphatic heterocycles. The van der Waals surface area contributed by atoms with Crippen LogP contribution in [0.2, 0.25) is 5.02 Å². The van der Waals surface area contributed by atoms with Crippen molar-refractivity contribution in [1.29, 1.82) is 0 Å². The summed E-state index contributed by atoms with van der Waals surface area (Å²) in [6.45, 7) is 0. The molecular weight excluding hydrogens is 457 g/mol. The molecular formula is C25H15ClFN5O2. The van der Waals surface area contributed by atoms with Crippen LogP contribution < -0.4 is 5.32 Å². The van der Waals surface area contributed by atoms with Crippen LogP contribution in [0.5, 0.6) is 0 Å². The average molecular weight is 472 g/mol. The van der Waals surface area contributed by atoms with E-state index in [-0.39, 0.29) is 10.7 Å². The molecule has 0 spiro atoms. The zero-order valence-electron chi connectivity index (χ0n) is 17.4. The number of pyridine rings is 1. The van der Waals surface area contributed by atoms with Crippen LogP contribution >= 0.6 is 11.6 Å². The zero-order valence-corrected chi connectivity index (χ0v) is 18.2. The number of hydrogen-bond donors (Lipinski definition) is 1. The summed E-state index contributed by atoms with van der Waals surface area (Å²) in [4.78, 5) is 24.6. The molecule has 9 heteroatoms. The normalized spacial score (nSPS) is 10.9. The number of fused-ring (bicyclic) bond motifs is 1. The van der Waals surface area contributed by atoms with Crippen LogP contribution in [0.15, 0.2) is 85.2 Å². The Kier molecular flexibility index (Phi) is 5.57. The maximum Gasteiger partial charge on any atom is 0.277 e. The van der Waals surface area contributed by atoms with Crippen molar-refractivity contribution in [3.63, 3.8) is 0 Å². The van der Waals surface area contributed by atoms with Gasteiger partial charge in [-0.15, -0.1) is 0 Å². The average Bonchev–Trinajstić information content (AvgIpc) is 2.86. The number of anilines is 2. The van der Waals surface area contributed by atoms with Gasteiger partial charge in [-0.3, -0.25) is 15.1 Å². The Bertz CT molecular complexity index is 1550. The number of halogens is 2. The van der Waals surface area contributed by atoms with Crippen molar-refractivity contribution in [1.82, 2.24) is 15.0 Å². The fraction of sp³-hybridized carbons (Fsp3) is 0. The third-order valence-electron chi connectivity index (χ3n) is 5.21. The van der Waals surface area contributed by atoms with E-state index in [2.05, 4.69) is 20.3 Å². The van der Waals surface area contributed by atoms with Crippen LogP contribution in [0.1, 0.15) is 0 Å². The van der Waals surface area contributed by atoms with Gasteiger partial charge in [-0.25, -0.2) is 14.4 Å². The van der Waals surface area contributed by atoms with Crippen molar-refractivity contribution < 1.29 is 9.31 Å². The maximum atomic E-state index is 13.7. The van der Waals surface area contributed by atoms with Gasteiger partial charge in [-0.05, 0) is 54.1 Å². The highest BCUT2D eigenvalue weighted by atomic mass is 35.5. The standard InChI is InChI=1S/C25H15ClFN5O2/c26-20-13-17(8-9-21(20)27)29-25-19-12-15(18-5-1-2-6-23(18)32(33)34)7-10-22(19)30-24(31-25)16-4-3-11-28-14-16/h1-14H,(H,29,30,31). The Morgan fingerprint density at radius 3 is 2.56 bits per heavy atom. The third-order valence-corrected chi connectivity index (χ3v) is 5.50. The molecule has 0 saturated heterocycles. The Morgan fingerprint density at radius 1 is 0.941 bits per heavy atom. The molecule has 0 atom stereocenters. The van der Waals surface area contributed by atoms with Crippen molar-refractivity contribution >= 4 is 39.7 Å². The molecule has 3 aromatic carbocycles. The summed E-state index contributed by atoms with van der Waals surface area (Å²) in [6.07, 6.45) is 3.31.